The first-order valence-electron chi connectivity index (χ1n) is 8.18. The van der Waals surface area contributed by atoms with Gasteiger partial charge in [-0.25, -0.2) is 14.1 Å². The van der Waals surface area contributed by atoms with Crippen LogP contribution < -0.4 is 0 Å². The van der Waals surface area contributed by atoms with Crippen LogP contribution in [-0.4, -0.2) is 20.5 Å². The Kier molecular flexibility index (Phi) is 4.01. The number of benzene rings is 2. The molecule has 0 saturated carbocycles. The summed E-state index contributed by atoms with van der Waals surface area (Å²) in [5.74, 6) is -1.94. The lowest BCUT2D eigenvalue weighted by molar-refractivity contribution is 0.0969. The third kappa shape index (κ3) is 2.87. The summed E-state index contributed by atoms with van der Waals surface area (Å²) in [6.45, 7) is 1.71. The average molecular weight is 360 g/mol. The summed E-state index contributed by atoms with van der Waals surface area (Å²) in [5.41, 5.74) is 2.54. The van der Waals surface area contributed by atoms with E-state index in [2.05, 4.69) is 10.1 Å². The molecule has 0 N–H and O–H groups in total. The van der Waals surface area contributed by atoms with Crippen LogP contribution in [-0.2, 0) is 0 Å². The summed E-state index contributed by atoms with van der Waals surface area (Å²) in [5, 5.41) is 13.7. The minimum atomic E-state index is -1.18. The topological polar surface area (TPSA) is 84.7 Å². The molecule has 0 aliphatic carbocycles. The van der Waals surface area contributed by atoms with Gasteiger partial charge in [-0.3, -0.25) is 4.79 Å². The van der Waals surface area contributed by atoms with Gasteiger partial charge in [-0.05, 0) is 43.3 Å². The predicted octanol–water partition coefficient (Wildman–Crippen LogP) is 3.95. The summed E-state index contributed by atoms with van der Waals surface area (Å²) in [6, 6.07) is 14.8. The van der Waals surface area contributed by atoms with Crippen LogP contribution in [0.4, 0.5) is 4.39 Å². The molecule has 2 aromatic carbocycles. The van der Waals surface area contributed by atoms with Crippen molar-refractivity contribution in [2.24, 2.45) is 0 Å². The summed E-state index contributed by atoms with van der Waals surface area (Å²) >= 11 is 0. The molecule has 132 valence electrons. The number of para-hydroxylation sites is 2. The van der Waals surface area contributed by atoms with E-state index in [-0.39, 0.29) is 17.3 Å². The number of Topliss-reactive ketones (excluding diaryl/α,β-unsaturated/α-hetero) is 1. The monoisotopic (exact) mass is 360 g/mol. The molecule has 0 bridgehead atoms. The number of hydrogen-bond donors (Lipinski definition) is 0. The molecule has 1 unspecified atom stereocenters. The Hall–Kier alpha value is -3.79. The fourth-order valence-corrected chi connectivity index (χ4v) is 2.89. The van der Waals surface area contributed by atoms with Crippen LogP contribution in [0.2, 0.25) is 0 Å². The molecule has 2 aromatic heterocycles. The van der Waals surface area contributed by atoms with E-state index in [1.165, 1.54) is 23.0 Å². The van der Waals surface area contributed by atoms with Crippen LogP contribution >= 0.6 is 0 Å². The van der Waals surface area contributed by atoms with Crippen molar-refractivity contribution in [1.29, 1.82) is 5.26 Å². The average Bonchev–Trinajstić information content (AvgIpc) is 3.26. The van der Waals surface area contributed by atoms with Crippen LogP contribution in [0, 0.1) is 24.1 Å². The number of carbonyl (C=O) groups is 1. The van der Waals surface area contributed by atoms with E-state index in [0.717, 1.165) is 0 Å². The first-order chi connectivity index (χ1) is 13.1. The van der Waals surface area contributed by atoms with Gasteiger partial charge >= 0.3 is 0 Å². The number of oxazole rings is 1. The summed E-state index contributed by atoms with van der Waals surface area (Å²) in [7, 11) is 0. The Morgan fingerprint density at radius 3 is 2.67 bits per heavy atom. The molecule has 2 heterocycles. The van der Waals surface area contributed by atoms with Crippen LogP contribution in [0.15, 0.2) is 59.1 Å². The zero-order valence-electron chi connectivity index (χ0n) is 14.3. The highest BCUT2D eigenvalue weighted by atomic mass is 19.1. The largest absolute Gasteiger partial charge is 0.439 e. The quantitative estimate of drug-likeness (QED) is 0.515. The van der Waals surface area contributed by atoms with Crippen LogP contribution in [0.5, 0.6) is 0 Å². The maximum atomic E-state index is 13.1. The normalized spacial score (nSPS) is 12.0. The van der Waals surface area contributed by atoms with Crippen molar-refractivity contribution in [3.8, 4) is 11.8 Å². The lowest BCUT2D eigenvalue weighted by Gasteiger charge is -2.06. The minimum Gasteiger partial charge on any atom is -0.439 e. The van der Waals surface area contributed by atoms with E-state index < -0.39 is 11.7 Å². The molecular formula is C20H13FN4O2. The third-order valence-corrected chi connectivity index (χ3v) is 4.30. The summed E-state index contributed by atoms with van der Waals surface area (Å²) in [4.78, 5) is 17.2. The van der Waals surface area contributed by atoms with Gasteiger partial charge < -0.3 is 4.42 Å². The Morgan fingerprint density at radius 1 is 1.22 bits per heavy atom. The fraction of sp³-hybridized carbons (Fsp3) is 0.100. The van der Waals surface area contributed by atoms with Gasteiger partial charge in [0.1, 0.15) is 11.3 Å². The minimum absolute atomic E-state index is 0.0534. The molecule has 0 fully saturated rings. The van der Waals surface area contributed by atoms with E-state index in [9.17, 15) is 14.4 Å². The number of hydrogen-bond acceptors (Lipinski definition) is 5. The number of rotatable bonds is 4. The van der Waals surface area contributed by atoms with Crippen LogP contribution in [0.25, 0.3) is 16.8 Å². The summed E-state index contributed by atoms with van der Waals surface area (Å²) < 4.78 is 20.2. The van der Waals surface area contributed by atoms with Crippen molar-refractivity contribution in [2.75, 3.05) is 0 Å². The van der Waals surface area contributed by atoms with Crippen molar-refractivity contribution in [2.45, 2.75) is 12.8 Å². The number of ketones is 1. The Balaban J connectivity index is 1.71. The fourth-order valence-electron chi connectivity index (χ4n) is 2.89. The molecule has 0 saturated heterocycles. The number of carbonyl (C=O) groups excluding carboxylic acids is 1. The second-order valence-corrected chi connectivity index (χ2v) is 5.98. The first kappa shape index (κ1) is 16.7. The van der Waals surface area contributed by atoms with Gasteiger partial charge in [-0.1, -0.05) is 12.1 Å². The van der Waals surface area contributed by atoms with E-state index in [1.54, 1.807) is 43.3 Å². The maximum absolute atomic E-state index is 13.1. The highest BCUT2D eigenvalue weighted by Gasteiger charge is 2.29. The third-order valence-electron chi connectivity index (χ3n) is 4.30. The maximum Gasteiger partial charge on any atom is 0.220 e. The Labute approximate surface area is 153 Å². The number of nitriles is 1. The lowest BCUT2D eigenvalue weighted by Crippen LogP contribution is -2.13. The Bertz CT molecular complexity index is 1150. The molecule has 27 heavy (non-hydrogen) atoms. The van der Waals surface area contributed by atoms with Gasteiger partial charge in [0, 0.05) is 0 Å². The second-order valence-electron chi connectivity index (χ2n) is 5.98. The molecule has 7 heteroatoms. The first-order valence-corrected chi connectivity index (χ1v) is 8.18. The van der Waals surface area contributed by atoms with E-state index in [0.29, 0.717) is 22.5 Å². The van der Waals surface area contributed by atoms with E-state index in [4.69, 9.17) is 4.42 Å². The highest BCUT2D eigenvalue weighted by Crippen LogP contribution is 2.26. The molecule has 0 radical (unpaired) electrons. The van der Waals surface area contributed by atoms with Gasteiger partial charge in [-0.2, -0.15) is 10.4 Å². The van der Waals surface area contributed by atoms with Crippen molar-refractivity contribution in [1.82, 2.24) is 14.8 Å². The number of halogens is 1. The molecule has 1 atom stereocenters. The highest BCUT2D eigenvalue weighted by molar-refractivity contribution is 6.03. The Morgan fingerprint density at radius 2 is 1.96 bits per heavy atom. The molecule has 6 nitrogen and oxygen atoms in total. The van der Waals surface area contributed by atoms with Crippen LogP contribution in [0.1, 0.15) is 27.9 Å². The number of aromatic nitrogens is 3. The molecule has 4 aromatic rings. The van der Waals surface area contributed by atoms with Gasteiger partial charge in [0.2, 0.25) is 5.89 Å². The zero-order valence-corrected chi connectivity index (χ0v) is 14.3. The molecule has 0 aliphatic rings. The van der Waals surface area contributed by atoms with Crippen molar-refractivity contribution in [3.05, 3.63) is 77.7 Å². The van der Waals surface area contributed by atoms with E-state index >= 15 is 0 Å². The van der Waals surface area contributed by atoms with Gasteiger partial charge in [0.05, 0.1) is 29.2 Å². The summed E-state index contributed by atoms with van der Waals surface area (Å²) in [6.07, 6.45) is 1.40. The van der Waals surface area contributed by atoms with Crippen LogP contribution in [0.3, 0.4) is 0 Å². The molecular weight excluding hydrogens is 347 g/mol. The SMILES string of the molecule is Cc1c(C(=O)C(C#N)c2nc3ccccc3o2)cnn1-c1ccc(F)cc1. The molecule has 0 aliphatic heterocycles. The molecule has 0 spiro atoms. The van der Waals surface area contributed by atoms with Gasteiger partial charge in [0.15, 0.2) is 17.3 Å². The molecule has 4 rings (SSSR count). The van der Waals surface area contributed by atoms with Crippen molar-refractivity contribution >= 4 is 16.9 Å². The van der Waals surface area contributed by atoms with E-state index in [1.807, 2.05) is 6.07 Å². The second kappa shape index (κ2) is 6.50. The lowest BCUT2D eigenvalue weighted by atomic mass is 9.99. The predicted molar refractivity (Wildman–Crippen MR) is 95.0 cm³/mol. The van der Waals surface area contributed by atoms with Gasteiger partial charge in [0.25, 0.3) is 0 Å². The molecule has 0 amide bonds. The number of fused-ring (bicyclic) bond motifs is 1. The zero-order chi connectivity index (χ0) is 19.0. The van der Waals surface area contributed by atoms with Gasteiger partial charge in [-0.15, -0.1) is 0 Å². The smallest absolute Gasteiger partial charge is 0.220 e. The van der Waals surface area contributed by atoms with Crippen molar-refractivity contribution in [3.63, 3.8) is 0 Å². The number of nitrogens with zero attached hydrogens (tertiary/aromatic N) is 4. The van der Waals surface area contributed by atoms with Crippen molar-refractivity contribution < 1.29 is 13.6 Å². The standard InChI is InChI=1S/C20H13FN4O2/c1-12-16(11-23-25(12)14-8-6-13(21)7-9-14)19(26)15(10-22)20-24-17-4-2-3-5-18(17)27-20/h2-9,11,15H,1H3.